The molecule has 6 rings (SSSR count). The van der Waals surface area contributed by atoms with Gasteiger partial charge in [0.25, 0.3) is 0 Å². The van der Waals surface area contributed by atoms with Crippen molar-refractivity contribution < 1.29 is 24.4 Å². The number of rotatable bonds is 2. The van der Waals surface area contributed by atoms with Crippen LogP contribution in [-0.4, -0.2) is 53.1 Å². The largest absolute Gasteiger partial charge is 0.393 e. The first-order valence-corrected chi connectivity index (χ1v) is 11.3. The maximum atomic E-state index is 10.2. The molecule has 2 saturated heterocycles. The highest BCUT2D eigenvalue weighted by Gasteiger charge is 2.78. The van der Waals surface area contributed by atoms with Crippen LogP contribution in [0.15, 0.2) is 0 Å². The van der Waals surface area contributed by atoms with Crippen LogP contribution in [0.4, 0.5) is 0 Å². The lowest BCUT2D eigenvalue weighted by molar-refractivity contribution is -0.244. The molecule has 152 valence electrons. The summed E-state index contributed by atoms with van der Waals surface area (Å²) in [5.74, 6) is 1.59. The van der Waals surface area contributed by atoms with Gasteiger partial charge in [-0.25, -0.2) is 0 Å². The number of ether oxygens (including phenoxy) is 3. The van der Waals surface area contributed by atoms with Gasteiger partial charge in [-0.1, -0.05) is 6.92 Å². The van der Waals surface area contributed by atoms with Crippen LogP contribution in [0.5, 0.6) is 0 Å². The maximum Gasteiger partial charge on any atom is 0.195 e. The second-order valence-corrected chi connectivity index (χ2v) is 10.6. The van der Waals surface area contributed by atoms with Gasteiger partial charge in [0.15, 0.2) is 5.79 Å². The molecule has 6 aliphatic rings. The average Bonchev–Trinajstić information content (AvgIpc) is 2.95. The van der Waals surface area contributed by atoms with Crippen molar-refractivity contribution in [3.63, 3.8) is 0 Å². The summed E-state index contributed by atoms with van der Waals surface area (Å²) in [5.41, 5.74) is 0.263. The molecule has 2 N–H and O–H groups in total. The molecule has 0 aromatic carbocycles. The molecule has 0 aromatic rings. The molecule has 0 amide bonds. The van der Waals surface area contributed by atoms with Gasteiger partial charge >= 0.3 is 0 Å². The van der Waals surface area contributed by atoms with Crippen molar-refractivity contribution in [2.75, 3.05) is 19.8 Å². The van der Waals surface area contributed by atoms with E-state index in [2.05, 4.69) is 6.92 Å². The highest BCUT2D eigenvalue weighted by molar-refractivity contribution is 5.27. The zero-order valence-electron chi connectivity index (χ0n) is 16.5. The zero-order valence-corrected chi connectivity index (χ0v) is 16.5. The molecule has 4 saturated carbocycles. The average molecular weight is 379 g/mol. The lowest BCUT2D eigenvalue weighted by Gasteiger charge is -2.55. The Labute approximate surface area is 161 Å². The molecule has 6 fully saturated rings. The van der Waals surface area contributed by atoms with Crippen molar-refractivity contribution in [2.24, 2.45) is 29.1 Å². The summed E-state index contributed by atoms with van der Waals surface area (Å²) < 4.78 is 18.6. The van der Waals surface area contributed by atoms with Crippen LogP contribution in [0.3, 0.4) is 0 Å². The Morgan fingerprint density at radius 3 is 2.52 bits per heavy atom. The number of aliphatic hydroxyl groups excluding tert-OH is 2. The van der Waals surface area contributed by atoms with Gasteiger partial charge < -0.3 is 24.4 Å². The van der Waals surface area contributed by atoms with Gasteiger partial charge in [0, 0.05) is 12.3 Å². The molecule has 0 unspecified atom stereocenters. The first kappa shape index (κ1) is 17.6. The van der Waals surface area contributed by atoms with E-state index in [0.29, 0.717) is 31.0 Å². The topological polar surface area (TPSA) is 71.5 Å². The van der Waals surface area contributed by atoms with Crippen molar-refractivity contribution in [1.82, 2.24) is 0 Å². The molecular weight excluding hydrogens is 344 g/mol. The van der Waals surface area contributed by atoms with E-state index in [1.165, 1.54) is 25.7 Å². The van der Waals surface area contributed by atoms with Gasteiger partial charge in [0.1, 0.15) is 11.2 Å². The van der Waals surface area contributed by atoms with Gasteiger partial charge in [-0.05, 0) is 74.5 Å². The molecule has 8 atom stereocenters. The van der Waals surface area contributed by atoms with Gasteiger partial charge in [0.05, 0.1) is 25.9 Å². The van der Waals surface area contributed by atoms with Crippen molar-refractivity contribution in [3.05, 3.63) is 0 Å². The third kappa shape index (κ3) is 2.03. The summed E-state index contributed by atoms with van der Waals surface area (Å²) in [4.78, 5) is 0. The maximum absolute atomic E-state index is 10.2. The highest BCUT2D eigenvalue weighted by Crippen LogP contribution is 2.74. The lowest BCUT2D eigenvalue weighted by atomic mass is 9.49. The number of fused-ring (bicyclic) bond motifs is 3. The normalized spacial score (nSPS) is 58.1. The Hall–Kier alpha value is -0.200. The van der Waals surface area contributed by atoms with Crippen LogP contribution in [0, 0.1) is 29.1 Å². The van der Waals surface area contributed by atoms with Crippen LogP contribution < -0.4 is 0 Å². The fraction of sp³-hybridized carbons (Fsp3) is 1.00. The predicted octanol–water partition coefficient (Wildman–Crippen LogP) is 2.63. The summed E-state index contributed by atoms with van der Waals surface area (Å²) in [6, 6.07) is 0. The molecule has 4 aliphatic carbocycles. The third-order valence-corrected chi connectivity index (χ3v) is 9.97. The fourth-order valence-corrected chi connectivity index (χ4v) is 8.91. The quantitative estimate of drug-likeness (QED) is 0.723. The molecule has 0 aromatic heterocycles. The Morgan fingerprint density at radius 1 is 0.926 bits per heavy atom. The summed E-state index contributed by atoms with van der Waals surface area (Å²) in [5, 5.41) is 20.4. The van der Waals surface area contributed by atoms with E-state index in [9.17, 15) is 10.2 Å². The summed E-state index contributed by atoms with van der Waals surface area (Å²) in [7, 11) is 0. The van der Waals surface area contributed by atoms with Crippen LogP contribution >= 0.6 is 0 Å². The van der Waals surface area contributed by atoms with E-state index < -0.39 is 5.79 Å². The molecule has 27 heavy (non-hydrogen) atoms. The summed E-state index contributed by atoms with van der Waals surface area (Å²) in [6.07, 6.45) is 9.74. The lowest BCUT2D eigenvalue weighted by Crippen LogP contribution is -2.56. The first-order valence-electron chi connectivity index (χ1n) is 11.3. The van der Waals surface area contributed by atoms with Crippen molar-refractivity contribution in [2.45, 2.75) is 87.8 Å². The summed E-state index contributed by atoms with van der Waals surface area (Å²) >= 11 is 0. The zero-order chi connectivity index (χ0) is 18.5. The van der Waals surface area contributed by atoms with Crippen LogP contribution in [0.1, 0.15) is 64.7 Å². The number of aliphatic hydroxyl groups is 2. The SMILES string of the molecule is C[C@]12CC[C@H]3[C@@H](CC[C@@]45C[C@@H](O)CC[C@@]34O5)[C@@H]1CC[C@@H]2C1(CO)OCCO1. The number of epoxide rings is 1. The molecule has 2 aliphatic heterocycles. The van der Waals surface area contributed by atoms with Crippen LogP contribution in [0.2, 0.25) is 0 Å². The molecule has 5 heteroatoms. The summed E-state index contributed by atoms with van der Waals surface area (Å²) in [6.45, 7) is 3.63. The molecule has 0 spiro atoms. The van der Waals surface area contributed by atoms with E-state index in [0.717, 1.165) is 38.0 Å². The minimum Gasteiger partial charge on any atom is -0.393 e. The fourth-order valence-electron chi connectivity index (χ4n) is 8.91. The molecule has 0 bridgehead atoms. The van der Waals surface area contributed by atoms with E-state index in [1.54, 1.807) is 0 Å². The van der Waals surface area contributed by atoms with Gasteiger partial charge in [-0.2, -0.15) is 0 Å². The minimum absolute atomic E-state index is 0.00156. The predicted molar refractivity (Wildman–Crippen MR) is 97.9 cm³/mol. The van der Waals surface area contributed by atoms with Crippen LogP contribution in [-0.2, 0) is 14.2 Å². The monoisotopic (exact) mass is 378 g/mol. The Kier molecular flexibility index (Phi) is 3.58. The Morgan fingerprint density at radius 2 is 1.74 bits per heavy atom. The van der Waals surface area contributed by atoms with E-state index >= 15 is 0 Å². The van der Waals surface area contributed by atoms with Crippen molar-refractivity contribution in [1.29, 1.82) is 0 Å². The smallest absolute Gasteiger partial charge is 0.195 e. The first-order chi connectivity index (χ1) is 13.0. The van der Waals surface area contributed by atoms with E-state index in [1.807, 2.05) is 0 Å². The van der Waals surface area contributed by atoms with Gasteiger partial charge in [0.2, 0.25) is 0 Å². The number of hydrogen-bond acceptors (Lipinski definition) is 5. The van der Waals surface area contributed by atoms with Crippen molar-refractivity contribution >= 4 is 0 Å². The second-order valence-electron chi connectivity index (χ2n) is 10.6. The van der Waals surface area contributed by atoms with E-state index in [4.69, 9.17) is 14.2 Å². The molecular formula is C22H34O5. The van der Waals surface area contributed by atoms with Crippen LogP contribution in [0.25, 0.3) is 0 Å². The van der Waals surface area contributed by atoms with Crippen molar-refractivity contribution in [3.8, 4) is 0 Å². The third-order valence-electron chi connectivity index (χ3n) is 9.97. The second kappa shape index (κ2) is 5.48. The molecule has 5 nitrogen and oxygen atoms in total. The molecule has 2 heterocycles. The van der Waals surface area contributed by atoms with Gasteiger partial charge in [-0.15, -0.1) is 0 Å². The van der Waals surface area contributed by atoms with Gasteiger partial charge in [-0.3, -0.25) is 0 Å². The molecule has 0 radical (unpaired) electrons. The standard InChI is InChI=1S/C22H34O5/c1-19-7-6-17-15(5-8-20-12-14(24)4-9-21(17,20)27-20)16(19)2-3-18(19)22(13-23)25-10-11-26-22/h14-18,23-24H,2-13H2,1H3/t14-,15-,16-,17-,18-,19-,20+,21+/m0/s1. The Balaban J connectivity index is 1.30. The van der Waals surface area contributed by atoms with E-state index in [-0.39, 0.29) is 29.3 Å². The number of hydrogen-bond donors (Lipinski definition) is 2. The minimum atomic E-state index is -0.766. The highest BCUT2D eigenvalue weighted by atomic mass is 16.7. The Bertz CT molecular complexity index is 628.